The maximum Gasteiger partial charge on any atom is 0.416 e. The number of pyridine rings is 1. The van der Waals surface area contributed by atoms with Gasteiger partial charge in [-0.3, -0.25) is 9.59 Å². The zero-order valence-electron chi connectivity index (χ0n) is 17.2. The number of alkyl halides is 3. The summed E-state index contributed by atoms with van der Waals surface area (Å²) in [7, 11) is 1.53. The summed E-state index contributed by atoms with van der Waals surface area (Å²) in [5.41, 5.74) is 0.838. The molecule has 0 bridgehead atoms. The van der Waals surface area contributed by atoms with E-state index in [1.807, 2.05) is 0 Å². The third-order valence-corrected chi connectivity index (χ3v) is 5.15. The molecule has 10 heteroatoms. The molecule has 2 aromatic carbocycles. The van der Waals surface area contributed by atoms with Crippen molar-refractivity contribution in [2.75, 3.05) is 7.05 Å². The normalized spacial score (nSPS) is 13.1. The highest BCUT2D eigenvalue weighted by atomic mass is 19.4. The van der Waals surface area contributed by atoms with Gasteiger partial charge in [0.05, 0.1) is 5.56 Å². The number of amides is 2. The van der Waals surface area contributed by atoms with Crippen LogP contribution >= 0.6 is 0 Å². The van der Waals surface area contributed by atoms with Crippen molar-refractivity contribution in [2.24, 2.45) is 0 Å². The molecule has 0 radical (unpaired) electrons. The Morgan fingerprint density at radius 3 is 2.52 bits per heavy atom. The molecular formula is C23H17F4N3O3. The van der Waals surface area contributed by atoms with Crippen molar-refractivity contribution in [1.82, 2.24) is 15.2 Å². The van der Waals surface area contributed by atoms with E-state index >= 15 is 0 Å². The van der Waals surface area contributed by atoms with Crippen molar-refractivity contribution in [3.05, 3.63) is 88.4 Å². The van der Waals surface area contributed by atoms with E-state index in [0.29, 0.717) is 23.3 Å². The number of hydrogen-bond donors (Lipinski definition) is 1. The van der Waals surface area contributed by atoms with Crippen molar-refractivity contribution in [3.8, 4) is 11.6 Å². The highest BCUT2D eigenvalue weighted by molar-refractivity contribution is 6.00. The van der Waals surface area contributed by atoms with Gasteiger partial charge in [0.25, 0.3) is 11.8 Å². The molecule has 0 saturated heterocycles. The summed E-state index contributed by atoms with van der Waals surface area (Å²) in [4.78, 5) is 30.2. The Bertz CT molecular complexity index is 1230. The van der Waals surface area contributed by atoms with Gasteiger partial charge in [0.2, 0.25) is 5.88 Å². The lowest BCUT2D eigenvalue weighted by Gasteiger charge is -2.16. The number of halogens is 4. The second-order valence-corrected chi connectivity index (χ2v) is 7.33. The Morgan fingerprint density at radius 1 is 1.15 bits per heavy atom. The van der Waals surface area contributed by atoms with Gasteiger partial charge < -0.3 is 15.0 Å². The lowest BCUT2D eigenvalue weighted by atomic mass is 10.1. The maximum absolute atomic E-state index is 14.2. The molecule has 1 N–H and O–H groups in total. The molecular weight excluding hydrogens is 442 g/mol. The average Bonchev–Trinajstić information content (AvgIpc) is 3.10. The van der Waals surface area contributed by atoms with Crippen LogP contribution in [0.3, 0.4) is 0 Å². The molecule has 0 atom stereocenters. The topological polar surface area (TPSA) is 71.5 Å². The molecule has 6 nitrogen and oxygen atoms in total. The van der Waals surface area contributed by atoms with Gasteiger partial charge in [-0.1, -0.05) is 12.1 Å². The number of nitrogens with zero attached hydrogens (tertiary/aromatic N) is 2. The molecule has 0 fully saturated rings. The van der Waals surface area contributed by atoms with E-state index in [0.717, 1.165) is 11.6 Å². The smallest absolute Gasteiger partial charge is 0.416 e. The van der Waals surface area contributed by atoms with Gasteiger partial charge in [0, 0.05) is 31.9 Å². The van der Waals surface area contributed by atoms with Gasteiger partial charge in [0.15, 0.2) is 11.6 Å². The molecule has 1 aliphatic rings. The number of fused-ring (bicyclic) bond motifs is 1. The third-order valence-electron chi connectivity index (χ3n) is 5.15. The number of carbonyl (C=O) groups is 2. The molecule has 1 aliphatic heterocycles. The fraction of sp³-hybridized carbons (Fsp3) is 0.174. The van der Waals surface area contributed by atoms with Crippen LogP contribution in [0, 0.1) is 5.82 Å². The predicted octanol–water partition coefficient (Wildman–Crippen LogP) is 4.55. The molecule has 2 heterocycles. The fourth-order valence-electron chi connectivity index (χ4n) is 3.47. The summed E-state index contributed by atoms with van der Waals surface area (Å²) in [5.74, 6) is -2.51. The Hall–Kier alpha value is -3.95. The van der Waals surface area contributed by atoms with Crippen LogP contribution in [0.5, 0.6) is 11.6 Å². The highest BCUT2D eigenvalue weighted by Gasteiger charge is 2.33. The first-order valence-corrected chi connectivity index (χ1v) is 9.80. The van der Waals surface area contributed by atoms with E-state index in [-0.39, 0.29) is 30.4 Å². The van der Waals surface area contributed by atoms with Gasteiger partial charge in [-0.25, -0.2) is 9.37 Å². The molecule has 1 aromatic heterocycles. The Morgan fingerprint density at radius 2 is 1.88 bits per heavy atom. The number of carbonyl (C=O) groups excluding carboxylic acids is 2. The summed E-state index contributed by atoms with van der Waals surface area (Å²) >= 11 is 0. The molecule has 3 aromatic rings. The van der Waals surface area contributed by atoms with Crippen LogP contribution in [0.1, 0.15) is 37.4 Å². The largest absolute Gasteiger partial charge is 0.435 e. The summed E-state index contributed by atoms with van der Waals surface area (Å²) in [6.07, 6.45) is -3.31. The quantitative estimate of drug-likeness (QED) is 0.569. The number of rotatable bonds is 5. The van der Waals surface area contributed by atoms with Crippen LogP contribution in [0.4, 0.5) is 17.6 Å². The second-order valence-electron chi connectivity index (χ2n) is 7.33. The average molecular weight is 459 g/mol. The van der Waals surface area contributed by atoms with Crippen LogP contribution in [0.2, 0.25) is 0 Å². The third kappa shape index (κ3) is 4.50. The highest BCUT2D eigenvalue weighted by Crippen LogP contribution is 2.36. The van der Waals surface area contributed by atoms with Crippen LogP contribution in [0.15, 0.2) is 54.7 Å². The first-order chi connectivity index (χ1) is 15.7. The van der Waals surface area contributed by atoms with Crippen LogP contribution in [0.25, 0.3) is 0 Å². The van der Waals surface area contributed by atoms with E-state index in [1.54, 1.807) is 30.3 Å². The number of ether oxygens (including phenoxy) is 1. The summed E-state index contributed by atoms with van der Waals surface area (Å²) in [6.45, 7) is 0.495. The van der Waals surface area contributed by atoms with Crippen LogP contribution in [-0.2, 0) is 19.3 Å². The summed E-state index contributed by atoms with van der Waals surface area (Å²) < 4.78 is 57.9. The minimum absolute atomic E-state index is 0.124. The predicted molar refractivity (Wildman–Crippen MR) is 109 cm³/mol. The first kappa shape index (κ1) is 22.3. The zero-order chi connectivity index (χ0) is 23.8. The molecule has 0 unspecified atom stereocenters. The summed E-state index contributed by atoms with van der Waals surface area (Å²) in [6, 6.07) is 10.2. The van der Waals surface area contributed by atoms with E-state index < -0.39 is 29.2 Å². The monoisotopic (exact) mass is 459 g/mol. The molecule has 33 heavy (non-hydrogen) atoms. The van der Waals surface area contributed by atoms with Crippen molar-refractivity contribution >= 4 is 11.8 Å². The van der Waals surface area contributed by atoms with Gasteiger partial charge >= 0.3 is 6.18 Å². The Balaban J connectivity index is 1.54. The van der Waals surface area contributed by atoms with Crippen LogP contribution < -0.4 is 10.1 Å². The van der Waals surface area contributed by atoms with Gasteiger partial charge in [0.1, 0.15) is 5.56 Å². The zero-order valence-corrected chi connectivity index (χ0v) is 17.2. The number of benzene rings is 2. The fourth-order valence-corrected chi connectivity index (χ4v) is 3.47. The van der Waals surface area contributed by atoms with Crippen molar-refractivity contribution < 1.29 is 31.9 Å². The SMILES string of the molecule is CNC(=O)c1ccc(CN2Cc3ccnc(Oc4ccc(C(F)(F)F)cc4F)c3C2=O)cc1. The lowest BCUT2D eigenvalue weighted by Crippen LogP contribution is -2.23. The van der Waals surface area contributed by atoms with E-state index in [1.165, 1.54) is 18.1 Å². The Labute approximate surface area is 185 Å². The molecule has 0 saturated carbocycles. The van der Waals surface area contributed by atoms with Crippen molar-refractivity contribution in [3.63, 3.8) is 0 Å². The number of nitrogens with one attached hydrogen (secondary N) is 1. The van der Waals surface area contributed by atoms with Gasteiger partial charge in [-0.05, 0) is 47.5 Å². The minimum atomic E-state index is -4.69. The van der Waals surface area contributed by atoms with Gasteiger partial charge in [-0.15, -0.1) is 0 Å². The molecule has 0 aliphatic carbocycles. The number of hydrogen-bond acceptors (Lipinski definition) is 4. The molecule has 2 amide bonds. The maximum atomic E-state index is 14.2. The Kier molecular flexibility index (Phi) is 5.75. The first-order valence-electron chi connectivity index (χ1n) is 9.80. The molecule has 4 rings (SSSR count). The number of aromatic nitrogens is 1. The van der Waals surface area contributed by atoms with Gasteiger partial charge in [-0.2, -0.15) is 13.2 Å². The standard InChI is InChI=1S/C23H17F4N3O3/c1-28-20(31)14-4-2-13(3-5-14)11-30-12-15-8-9-29-21(19(15)22(30)32)33-18-7-6-16(10-17(18)24)23(25,26)27/h2-10H,11-12H2,1H3,(H,28,31). The van der Waals surface area contributed by atoms with Crippen LogP contribution in [-0.4, -0.2) is 28.7 Å². The van der Waals surface area contributed by atoms with Crippen molar-refractivity contribution in [2.45, 2.75) is 19.3 Å². The van der Waals surface area contributed by atoms with E-state index in [4.69, 9.17) is 4.74 Å². The molecule has 170 valence electrons. The van der Waals surface area contributed by atoms with E-state index in [9.17, 15) is 27.2 Å². The molecule has 0 spiro atoms. The minimum Gasteiger partial charge on any atom is -0.435 e. The van der Waals surface area contributed by atoms with Crippen molar-refractivity contribution in [1.29, 1.82) is 0 Å². The summed E-state index contributed by atoms with van der Waals surface area (Å²) in [5, 5.41) is 2.53. The van der Waals surface area contributed by atoms with E-state index in [2.05, 4.69) is 10.3 Å². The second kappa shape index (κ2) is 8.53. The lowest BCUT2D eigenvalue weighted by molar-refractivity contribution is -0.137.